The average Bonchev–Trinajstić information content (AvgIpc) is 2.68. The number of benzene rings is 1. The number of para-hydroxylation sites is 1. The second-order valence-corrected chi connectivity index (χ2v) is 5.00. The second kappa shape index (κ2) is 3.45. The van der Waals surface area contributed by atoms with Crippen molar-refractivity contribution in [3.63, 3.8) is 0 Å². The number of fused-ring (bicyclic) bond motifs is 3. The van der Waals surface area contributed by atoms with Gasteiger partial charge in [0.15, 0.2) is 4.80 Å². The lowest BCUT2D eigenvalue weighted by Crippen LogP contribution is -2.22. The van der Waals surface area contributed by atoms with E-state index >= 15 is 0 Å². The molecule has 0 saturated carbocycles. The quantitative estimate of drug-likeness (QED) is 0.664. The molecule has 2 aromatic heterocycles. The first-order valence-corrected chi connectivity index (χ1v) is 6.19. The van der Waals surface area contributed by atoms with Crippen LogP contribution in [0.15, 0.2) is 28.4 Å². The first-order chi connectivity index (χ1) is 8.11. The van der Waals surface area contributed by atoms with Gasteiger partial charge >= 0.3 is 0 Å². The number of aromatic nitrogens is 2. The van der Waals surface area contributed by atoms with Gasteiger partial charge in [0.2, 0.25) is 0 Å². The third-order valence-corrected chi connectivity index (χ3v) is 3.85. The molecule has 0 aliphatic rings. The average molecular weight is 266 g/mol. The maximum atomic E-state index is 12.1. The van der Waals surface area contributed by atoms with Crippen molar-refractivity contribution in [2.75, 3.05) is 0 Å². The van der Waals surface area contributed by atoms with Gasteiger partial charge in [0.1, 0.15) is 5.52 Å². The lowest BCUT2D eigenvalue weighted by Gasteiger charge is -2.08. The zero-order valence-corrected chi connectivity index (χ0v) is 10.5. The molecule has 0 aliphatic carbocycles. The first kappa shape index (κ1) is 10.6. The maximum Gasteiger partial charge on any atom is 0.275 e. The fourth-order valence-corrected chi connectivity index (χ4v) is 2.95. The molecule has 3 rings (SSSR count). The third kappa shape index (κ3) is 1.29. The summed E-state index contributed by atoms with van der Waals surface area (Å²) in [5, 5.41) is 10.1. The number of halogens is 1. The van der Waals surface area contributed by atoms with Gasteiger partial charge in [0.25, 0.3) is 5.56 Å². The highest BCUT2D eigenvalue weighted by Crippen LogP contribution is 2.22. The fourth-order valence-electron chi connectivity index (χ4n) is 1.97. The zero-order chi connectivity index (χ0) is 12.2. The van der Waals surface area contributed by atoms with Gasteiger partial charge in [-0.2, -0.15) is 0 Å². The molecule has 0 amide bonds. The highest BCUT2D eigenvalue weighted by Gasteiger charge is 2.11. The largest absolute Gasteiger partial charge is 0.308 e. The fraction of sp³-hybridized carbons (Fsp3) is 0.0909. The molecule has 0 atom stereocenters. The first-order valence-electron chi connectivity index (χ1n) is 4.93. The number of thiazole rings is 1. The van der Waals surface area contributed by atoms with Gasteiger partial charge in [-0.05, 0) is 12.1 Å². The van der Waals surface area contributed by atoms with Gasteiger partial charge in [-0.1, -0.05) is 17.7 Å². The minimum absolute atomic E-state index is 0.116. The van der Waals surface area contributed by atoms with E-state index in [1.54, 1.807) is 33.5 Å². The molecule has 2 heterocycles. The van der Waals surface area contributed by atoms with Crippen LogP contribution in [0.3, 0.4) is 0 Å². The summed E-state index contributed by atoms with van der Waals surface area (Å²) >= 11 is 7.40. The van der Waals surface area contributed by atoms with Gasteiger partial charge in [0.05, 0.1) is 16.1 Å². The van der Waals surface area contributed by atoms with Crippen molar-refractivity contribution in [3.8, 4) is 0 Å². The van der Waals surface area contributed by atoms with Gasteiger partial charge in [0, 0.05) is 12.4 Å². The summed E-state index contributed by atoms with van der Waals surface area (Å²) in [6, 6.07) is 5.39. The lowest BCUT2D eigenvalue weighted by molar-refractivity contribution is 0.894. The van der Waals surface area contributed by atoms with E-state index in [0.717, 1.165) is 5.52 Å². The molecular formula is C11H8ClN3OS. The van der Waals surface area contributed by atoms with E-state index in [0.29, 0.717) is 20.9 Å². The highest BCUT2D eigenvalue weighted by atomic mass is 35.5. The third-order valence-electron chi connectivity index (χ3n) is 2.80. The molecule has 1 aromatic carbocycles. The Labute approximate surface area is 105 Å². The summed E-state index contributed by atoms with van der Waals surface area (Å²) in [4.78, 5) is 12.4. The van der Waals surface area contributed by atoms with Crippen molar-refractivity contribution in [2.24, 2.45) is 7.05 Å². The normalized spacial score (nSPS) is 11.4. The van der Waals surface area contributed by atoms with Crippen molar-refractivity contribution in [1.82, 2.24) is 8.97 Å². The van der Waals surface area contributed by atoms with Crippen LogP contribution in [0, 0.1) is 5.41 Å². The van der Waals surface area contributed by atoms with E-state index < -0.39 is 0 Å². The SMILES string of the molecule is Cn1c(=O)c2csc(=N)n2c2c(Cl)cccc21. The van der Waals surface area contributed by atoms with Gasteiger partial charge < -0.3 is 4.57 Å². The minimum Gasteiger partial charge on any atom is -0.308 e. The number of nitrogens with zero attached hydrogens (tertiary/aromatic N) is 2. The van der Waals surface area contributed by atoms with Crippen LogP contribution in [-0.2, 0) is 7.05 Å². The molecule has 1 N–H and O–H groups in total. The Balaban J connectivity index is 2.86. The molecule has 0 bridgehead atoms. The Morgan fingerprint density at radius 3 is 2.88 bits per heavy atom. The minimum atomic E-state index is -0.116. The van der Waals surface area contributed by atoms with Gasteiger partial charge in [-0.25, -0.2) is 0 Å². The molecule has 6 heteroatoms. The van der Waals surface area contributed by atoms with E-state index in [-0.39, 0.29) is 5.56 Å². The predicted molar refractivity (Wildman–Crippen MR) is 68.9 cm³/mol. The molecule has 0 spiro atoms. The van der Waals surface area contributed by atoms with E-state index in [1.807, 2.05) is 6.07 Å². The van der Waals surface area contributed by atoms with Crippen LogP contribution in [-0.4, -0.2) is 8.97 Å². The molecule has 4 nitrogen and oxygen atoms in total. The van der Waals surface area contributed by atoms with E-state index in [2.05, 4.69) is 0 Å². The van der Waals surface area contributed by atoms with Crippen LogP contribution in [0.25, 0.3) is 16.6 Å². The number of rotatable bonds is 0. The van der Waals surface area contributed by atoms with Crippen LogP contribution in [0.5, 0.6) is 0 Å². The van der Waals surface area contributed by atoms with Crippen LogP contribution in [0.1, 0.15) is 0 Å². The second-order valence-electron chi connectivity index (χ2n) is 3.73. The zero-order valence-electron chi connectivity index (χ0n) is 8.90. The Morgan fingerprint density at radius 1 is 1.35 bits per heavy atom. The van der Waals surface area contributed by atoms with Crippen molar-refractivity contribution in [2.45, 2.75) is 0 Å². The van der Waals surface area contributed by atoms with Gasteiger partial charge in [-0.15, -0.1) is 11.3 Å². The monoisotopic (exact) mass is 265 g/mol. The lowest BCUT2D eigenvalue weighted by atomic mass is 10.3. The van der Waals surface area contributed by atoms with Crippen molar-refractivity contribution in [3.05, 3.63) is 43.8 Å². The van der Waals surface area contributed by atoms with E-state index in [4.69, 9.17) is 17.0 Å². The summed E-state index contributed by atoms with van der Waals surface area (Å²) in [7, 11) is 1.71. The molecule has 0 unspecified atom stereocenters. The van der Waals surface area contributed by atoms with Crippen LogP contribution in [0.4, 0.5) is 0 Å². The van der Waals surface area contributed by atoms with Crippen molar-refractivity contribution >= 4 is 39.5 Å². The summed E-state index contributed by atoms with van der Waals surface area (Å²) in [6.07, 6.45) is 0. The predicted octanol–water partition coefficient (Wildman–Crippen LogP) is 1.99. The molecule has 3 aromatic rings. The van der Waals surface area contributed by atoms with E-state index in [1.165, 1.54) is 11.3 Å². The molecular weight excluding hydrogens is 258 g/mol. The molecule has 0 saturated heterocycles. The Kier molecular flexibility index (Phi) is 2.14. The van der Waals surface area contributed by atoms with Crippen LogP contribution < -0.4 is 10.4 Å². The molecule has 0 aliphatic heterocycles. The summed E-state index contributed by atoms with van der Waals surface area (Å²) in [6.45, 7) is 0. The molecule has 17 heavy (non-hydrogen) atoms. The van der Waals surface area contributed by atoms with Crippen LogP contribution >= 0.6 is 22.9 Å². The highest BCUT2D eigenvalue weighted by molar-refractivity contribution is 7.07. The molecule has 86 valence electrons. The summed E-state index contributed by atoms with van der Waals surface area (Å²) in [5.41, 5.74) is 1.81. The van der Waals surface area contributed by atoms with Crippen molar-refractivity contribution in [1.29, 1.82) is 5.41 Å². The molecule has 0 radical (unpaired) electrons. The van der Waals surface area contributed by atoms with Gasteiger partial charge in [-0.3, -0.25) is 14.6 Å². The smallest absolute Gasteiger partial charge is 0.275 e. The number of hydrogen-bond acceptors (Lipinski definition) is 3. The van der Waals surface area contributed by atoms with E-state index in [9.17, 15) is 4.79 Å². The number of aryl methyl sites for hydroxylation is 1. The maximum absolute atomic E-state index is 12.1. The number of hydrogen-bond donors (Lipinski definition) is 1. The topological polar surface area (TPSA) is 50.3 Å². The Morgan fingerprint density at radius 2 is 2.12 bits per heavy atom. The number of nitrogens with one attached hydrogen (secondary N) is 1. The summed E-state index contributed by atoms with van der Waals surface area (Å²) in [5.74, 6) is 0. The van der Waals surface area contributed by atoms with Crippen molar-refractivity contribution < 1.29 is 0 Å². The standard InChI is InChI=1S/C11H8ClN3OS/c1-14-7-4-2-3-6(12)9(7)15-8(10(14)16)5-17-11(15)13/h2-5,13H,1H3. The van der Waals surface area contributed by atoms with Crippen LogP contribution in [0.2, 0.25) is 5.02 Å². The molecule has 0 fully saturated rings. The Bertz CT molecular complexity index is 859. The Hall–Kier alpha value is -1.59. The summed E-state index contributed by atoms with van der Waals surface area (Å²) < 4.78 is 3.16.